The quantitative estimate of drug-likeness (QED) is 0.734. The zero-order valence-electron chi connectivity index (χ0n) is 12.3. The van der Waals surface area contributed by atoms with Crippen LogP contribution in [0.15, 0.2) is 24.3 Å². The number of nitrogens with one attached hydrogen (secondary N) is 2. The van der Waals surface area contributed by atoms with Crippen LogP contribution in [0.3, 0.4) is 0 Å². The molecule has 2 amide bonds. The van der Waals surface area contributed by atoms with Gasteiger partial charge >= 0.3 is 0 Å². The van der Waals surface area contributed by atoms with Gasteiger partial charge in [0.2, 0.25) is 11.8 Å². The number of H-pyrrole nitrogens is 1. The number of rotatable bonds is 0. The number of para-hydroxylation sites is 1. The van der Waals surface area contributed by atoms with Crippen LogP contribution in [0.25, 0.3) is 10.9 Å². The van der Waals surface area contributed by atoms with Gasteiger partial charge in [0.1, 0.15) is 0 Å². The molecule has 2 aromatic rings. The van der Waals surface area contributed by atoms with Gasteiger partial charge in [-0.15, -0.1) is 0 Å². The molecule has 2 aliphatic carbocycles. The molecular weight excluding hydrogens is 276 g/mol. The topological polar surface area (TPSA) is 62.0 Å². The van der Waals surface area contributed by atoms with E-state index >= 15 is 0 Å². The molecule has 2 fully saturated rings. The second-order valence-corrected chi connectivity index (χ2v) is 6.91. The number of fused-ring (bicyclic) bond motifs is 8. The maximum atomic E-state index is 12.4. The molecule has 3 aliphatic rings. The third-order valence-corrected chi connectivity index (χ3v) is 5.93. The monoisotopic (exact) mass is 294 g/mol. The molecular formula is C18H18N2O2. The summed E-state index contributed by atoms with van der Waals surface area (Å²) < 4.78 is 0. The molecule has 5 rings (SSSR count). The molecule has 1 saturated heterocycles. The Morgan fingerprint density at radius 3 is 2.73 bits per heavy atom. The van der Waals surface area contributed by atoms with Crippen LogP contribution in [-0.2, 0) is 9.59 Å². The summed E-state index contributed by atoms with van der Waals surface area (Å²) in [4.78, 5) is 28.2. The van der Waals surface area contributed by atoms with Crippen molar-refractivity contribution in [3.8, 4) is 0 Å². The van der Waals surface area contributed by atoms with Crippen LogP contribution in [0.4, 0.5) is 0 Å². The molecule has 0 radical (unpaired) electrons. The Bertz CT molecular complexity index is 807. The van der Waals surface area contributed by atoms with Crippen LogP contribution in [-0.4, -0.2) is 16.8 Å². The van der Waals surface area contributed by atoms with Crippen molar-refractivity contribution in [2.24, 2.45) is 11.8 Å². The Balaban J connectivity index is 1.81. The number of aromatic nitrogens is 1. The van der Waals surface area contributed by atoms with E-state index in [9.17, 15) is 9.59 Å². The standard InChI is InChI=1S/C18H18N2O2/c21-17-14-10-6-2-1-5-9(10)13-11-7-3-4-8-12(11)19-16(13)15(14)18(22)20-17/h3-4,7-10,14-15,19H,1-2,5-6H2,(H,20,21,22)/t9-,10-,14-,15-/m1/s1. The maximum Gasteiger partial charge on any atom is 0.236 e. The van der Waals surface area contributed by atoms with Crippen molar-refractivity contribution in [2.45, 2.75) is 37.5 Å². The first kappa shape index (κ1) is 12.4. The van der Waals surface area contributed by atoms with Crippen LogP contribution in [0.1, 0.15) is 48.8 Å². The second-order valence-electron chi connectivity index (χ2n) is 6.91. The van der Waals surface area contributed by atoms with E-state index < -0.39 is 0 Å². The summed E-state index contributed by atoms with van der Waals surface area (Å²) in [5.41, 5.74) is 3.40. The summed E-state index contributed by atoms with van der Waals surface area (Å²) in [7, 11) is 0. The lowest BCUT2D eigenvalue weighted by Crippen LogP contribution is -2.37. The van der Waals surface area contributed by atoms with Crippen molar-refractivity contribution in [3.05, 3.63) is 35.5 Å². The van der Waals surface area contributed by atoms with Gasteiger partial charge in [-0.1, -0.05) is 31.0 Å². The molecule has 1 saturated carbocycles. The normalized spacial score (nSPS) is 33.3. The fraction of sp³-hybridized carbons (Fsp3) is 0.444. The van der Waals surface area contributed by atoms with Gasteiger partial charge in [0.15, 0.2) is 0 Å². The first-order chi connectivity index (χ1) is 10.8. The summed E-state index contributed by atoms with van der Waals surface area (Å²) in [6.45, 7) is 0. The minimum absolute atomic E-state index is 0.0591. The molecule has 2 N–H and O–H groups in total. The highest BCUT2D eigenvalue weighted by molar-refractivity contribution is 6.09. The first-order valence-corrected chi connectivity index (χ1v) is 8.21. The smallest absolute Gasteiger partial charge is 0.236 e. The number of carbonyl (C=O) groups excluding carboxylic acids is 2. The van der Waals surface area contributed by atoms with E-state index in [0.29, 0.717) is 11.8 Å². The average molecular weight is 294 g/mol. The number of imide groups is 1. The summed E-state index contributed by atoms with van der Waals surface area (Å²) >= 11 is 0. The van der Waals surface area contributed by atoms with Crippen molar-refractivity contribution < 1.29 is 9.59 Å². The van der Waals surface area contributed by atoms with E-state index in [0.717, 1.165) is 24.1 Å². The molecule has 0 spiro atoms. The molecule has 1 aromatic heterocycles. The zero-order valence-corrected chi connectivity index (χ0v) is 12.3. The van der Waals surface area contributed by atoms with Gasteiger partial charge in [0.05, 0.1) is 11.8 Å². The SMILES string of the molecule is O=C1NC(=O)[C@H]2c3[nH]c4ccccc4c3[C@@H]3CCCC[C@H]3[C@@H]12. The van der Waals surface area contributed by atoms with Gasteiger partial charge < -0.3 is 4.98 Å². The zero-order chi connectivity index (χ0) is 14.8. The highest BCUT2D eigenvalue weighted by Gasteiger charge is 2.54. The number of benzene rings is 1. The van der Waals surface area contributed by atoms with Crippen LogP contribution in [0.5, 0.6) is 0 Å². The maximum absolute atomic E-state index is 12.4. The van der Waals surface area contributed by atoms with E-state index in [1.807, 2.05) is 6.07 Å². The molecule has 4 nitrogen and oxygen atoms in total. The Hall–Kier alpha value is -2.10. The third kappa shape index (κ3) is 1.42. The number of carbonyl (C=O) groups is 2. The minimum atomic E-state index is -0.311. The fourth-order valence-electron chi connectivity index (χ4n) is 5.13. The molecule has 4 atom stereocenters. The Kier molecular flexibility index (Phi) is 2.38. The first-order valence-electron chi connectivity index (χ1n) is 8.21. The van der Waals surface area contributed by atoms with Gasteiger partial charge in [-0.2, -0.15) is 0 Å². The van der Waals surface area contributed by atoms with Crippen LogP contribution in [0, 0.1) is 11.8 Å². The third-order valence-electron chi connectivity index (χ3n) is 5.93. The number of amides is 2. The molecule has 0 bridgehead atoms. The number of aromatic amines is 1. The van der Waals surface area contributed by atoms with Crippen molar-refractivity contribution in [1.29, 1.82) is 0 Å². The Morgan fingerprint density at radius 1 is 1.00 bits per heavy atom. The van der Waals surface area contributed by atoms with Crippen molar-refractivity contribution in [2.75, 3.05) is 0 Å². The van der Waals surface area contributed by atoms with Crippen LogP contribution in [0.2, 0.25) is 0 Å². The van der Waals surface area contributed by atoms with Crippen LogP contribution < -0.4 is 5.32 Å². The second kappa shape index (κ2) is 4.22. The van der Waals surface area contributed by atoms with E-state index in [1.165, 1.54) is 23.8 Å². The molecule has 112 valence electrons. The minimum Gasteiger partial charge on any atom is -0.357 e. The molecule has 1 aromatic carbocycles. The molecule has 2 heterocycles. The lowest BCUT2D eigenvalue weighted by Gasteiger charge is -2.41. The predicted octanol–water partition coefficient (Wildman–Crippen LogP) is 2.81. The summed E-state index contributed by atoms with van der Waals surface area (Å²) in [5, 5.41) is 3.82. The van der Waals surface area contributed by atoms with Gasteiger partial charge in [-0.05, 0) is 36.3 Å². The highest BCUT2D eigenvalue weighted by Crippen LogP contribution is 2.55. The Morgan fingerprint density at radius 2 is 1.82 bits per heavy atom. The van der Waals surface area contributed by atoms with Gasteiger partial charge in [0.25, 0.3) is 0 Å². The van der Waals surface area contributed by atoms with Gasteiger partial charge in [0, 0.05) is 16.6 Å². The van der Waals surface area contributed by atoms with Crippen molar-refractivity contribution >= 4 is 22.7 Å². The van der Waals surface area contributed by atoms with E-state index in [4.69, 9.17) is 0 Å². The summed E-state index contributed by atoms with van der Waals surface area (Å²) in [6, 6.07) is 8.28. The van der Waals surface area contributed by atoms with E-state index in [1.54, 1.807) is 0 Å². The molecule has 22 heavy (non-hydrogen) atoms. The largest absolute Gasteiger partial charge is 0.357 e. The van der Waals surface area contributed by atoms with Crippen molar-refractivity contribution in [1.82, 2.24) is 10.3 Å². The van der Waals surface area contributed by atoms with E-state index in [-0.39, 0.29) is 23.7 Å². The molecule has 4 heteroatoms. The van der Waals surface area contributed by atoms with Crippen molar-refractivity contribution in [3.63, 3.8) is 0 Å². The Labute approximate surface area is 128 Å². The van der Waals surface area contributed by atoms with Gasteiger partial charge in [-0.3, -0.25) is 14.9 Å². The molecule has 1 aliphatic heterocycles. The summed E-state index contributed by atoms with van der Waals surface area (Å²) in [6.07, 6.45) is 4.58. The van der Waals surface area contributed by atoms with E-state index in [2.05, 4.69) is 28.5 Å². The lowest BCUT2D eigenvalue weighted by molar-refractivity contribution is -0.126. The summed E-state index contributed by atoms with van der Waals surface area (Å²) in [5.74, 6) is 0.0744. The lowest BCUT2D eigenvalue weighted by atomic mass is 9.61. The predicted molar refractivity (Wildman–Crippen MR) is 82.4 cm³/mol. The molecule has 0 unspecified atom stereocenters. The average Bonchev–Trinajstić information content (AvgIpc) is 3.05. The van der Waals surface area contributed by atoms with Crippen LogP contribution >= 0.6 is 0 Å². The number of hydrogen-bond acceptors (Lipinski definition) is 2. The highest BCUT2D eigenvalue weighted by atomic mass is 16.2. The fourth-order valence-corrected chi connectivity index (χ4v) is 5.13. The van der Waals surface area contributed by atoms with Gasteiger partial charge in [-0.25, -0.2) is 0 Å². The number of hydrogen-bond donors (Lipinski definition) is 2.